The van der Waals surface area contributed by atoms with Crippen LogP contribution < -0.4 is 15.0 Å². The van der Waals surface area contributed by atoms with E-state index in [1.54, 1.807) is 0 Å². The Morgan fingerprint density at radius 2 is 1.62 bits per heavy atom. The van der Waals surface area contributed by atoms with Crippen LogP contribution >= 0.6 is 0 Å². The number of aromatic nitrogens is 1. The SMILES string of the molecule is CC(=O)Nc1ccccc1-c1ccc2c(c1)Oc1ccccc1N2C1C[C@H]2CC[C@@H](C1)N2Cc1ccccn1. The van der Waals surface area contributed by atoms with E-state index >= 15 is 0 Å². The minimum absolute atomic E-state index is 0.0826. The van der Waals surface area contributed by atoms with E-state index in [-0.39, 0.29) is 5.91 Å². The lowest BCUT2D eigenvalue weighted by Crippen LogP contribution is -2.49. The fraction of sp³-hybridized carbons (Fsp3) is 0.273. The molecule has 4 heterocycles. The molecule has 0 spiro atoms. The second kappa shape index (κ2) is 9.86. The van der Waals surface area contributed by atoms with E-state index in [1.807, 2.05) is 42.6 Å². The van der Waals surface area contributed by atoms with E-state index in [1.165, 1.54) is 19.8 Å². The number of benzene rings is 3. The maximum Gasteiger partial charge on any atom is 0.221 e. The van der Waals surface area contributed by atoms with Gasteiger partial charge in [0.2, 0.25) is 5.91 Å². The van der Waals surface area contributed by atoms with Crippen LogP contribution in [0.25, 0.3) is 11.1 Å². The van der Waals surface area contributed by atoms with Crippen molar-refractivity contribution in [1.29, 1.82) is 0 Å². The lowest BCUT2D eigenvalue weighted by molar-refractivity contribution is -0.114. The normalized spacial score (nSPS) is 21.6. The van der Waals surface area contributed by atoms with Crippen molar-refractivity contribution in [3.05, 3.63) is 96.8 Å². The zero-order chi connectivity index (χ0) is 26.3. The van der Waals surface area contributed by atoms with Crippen molar-refractivity contribution in [2.45, 2.75) is 57.3 Å². The number of amides is 1. The minimum atomic E-state index is -0.0826. The monoisotopic (exact) mass is 516 g/mol. The Labute approximate surface area is 229 Å². The first-order valence-electron chi connectivity index (χ1n) is 13.9. The Kier molecular flexibility index (Phi) is 6.05. The molecule has 3 aromatic carbocycles. The lowest BCUT2D eigenvalue weighted by Gasteiger charge is -2.46. The van der Waals surface area contributed by atoms with E-state index in [4.69, 9.17) is 4.74 Å². The van der Waals surface area contributed by atoms with Crippen LogP contribution in [-0.2, 0) is 11.3 Å². The van der Waals surface area contributed by atoms with Gasteiger partial charge in [0, 0.05) is 49.0 Å². The van der Waals surface area contributed by atoms with Gasteiger partial charge < -0.3 is 15.0 Å². The van der Waals surface area contributed by atoms with Gasteiger partial charge in [0.25, 0.3) is 0 Å². The summed E-state index contributed by atoms with van der Waals surface area (Å²) in [5, 5.41) is 2.97. The highest BCUT2D eigenvalue weighted by Crippen LogP contribution is 2.52. The summed E-state index contributed by atoms with van der Waals surface area (Å²) in [6, 6.07) is 30.5. The van der Waals surface area contributed by atoms with E-state index < -0.39 is 0 Å². The Bertz CT molecular complexity index is 1510. The molecule has 6 heteroatoms. The van der Waals surface area contributed by atoms with Gasteiger partial charge in [-0.15, -0.1) is 0 Å². The number of carbonyl (C=O) groups excluding carboxylic acids is 1. The number of nitrogens with zero attached hydrogens (tertiary/aromatic N) is 3. The summed E-state index contributed by atoms with van der Waals surface area (Å²) in [5.41, 5.74) is 6.20. The maximum atomic E-state index is 11.8. The van der Waals surface area contributed by atoms with Crippen LogP contribution in [0.4, 0.5) is 17.1 Å². The average Bonchev–Trinajstić information content (AvgIpc) is 3.17. The minimum Gasteiger partial charge on any atom is -0.453 e. The van der Waals surface area contributed by atoms with E-state index in [9.17, 15) is 4.79 Å². The van der Waals surface area contributed by atoms with Crippen LogP contribution in [0.3, 0.4) is 0 Å². The molecule has 1 amide bonds. The first kappa shape index (κ1) is 23.9. The molecule has 0 aliphatic carbocycles. The summed E-state index contributed by atoms with van der Waals surface area (Å²) in [4.78, 5) is 21.6. The van der Waals surface area contributed by atoms with Crippen LogP contribution in [0.2, 0.25) is 0 Å². The predicted molar refractivity (Wildman–Crippen MR) is 154 cm³/mol. The van der Waals surface area contributed by atoms with E-state index in [0.717, 1.165) is 64.8 Å². The van der Waals surface area contributed by atoms with Crippen molar-refractivity contribution < 1.29 is 9.53 Å². The molecule has 7 rings (SSSR count). The molecule has 2 saturated heterocycles. The summed E-state index contributed by atoms with van der Waals surface area (Å²) in [7, 11) is 0. The fourth-order valence-electron chi connectivity index (χ4n) is 6.77. The highest BCUT2D eigenvalue weighted by atomic mass is 16.5. The van der Waals surface area contributed by atoms with Gasteiger partial charge in [0.1, 0.15) is 0 Å². The van der Waals surface area contributed by atoms with Crippen molar-refractivity contribution in [3.63, 3.8) is 0 Å². The zero-order valence-corrected chi connectivity index (χ0v) is 22.1. The largest absolute Gasteiger partial charge is 0.453 e. The molecular formula is C33H32N4O2. The lowest BCUT2D eigenvalue weighted by atomic mass is 9.93. The first-order valence-corrected chi connectivity index (χ1v) is 13.9. The summed E-state index contributed by atoms with van der Waals surface area (Å²) in [6.45, 7) is 2.46. The Morgan fingerprint density at radius 1 is 0.872 bits per heavy atom. The first-order chi connectivity index (χ1) is 19.1. The molecule has 2 fully saturated rings. The summed E-state index contributed by atoms with van der Waals surface area (Å²) in [6.07, 6.45) is 6.61. The van der Waals surface area contributed by atoms with Gasteiger partial charge in [0.05, 0.1) is 17.1 Å². The van der Waals surface area contributed by atoms with Crippen LogP contribution in [-0.4, -0.2) is 33.9 Å². The smallest absolute Gasteiger partial charge is 0.221 e. The number of nitrogens with one attached hydrogen (secondary N) is 1. The topological polar surface area (TPSA) is 57.7 Å². The number of rotatable bonds is 5. The Morgan fingerprint density at radius 3 is 2.41 bits per heavy atom. The van der Waals surface area contributed by atoms with Crippen molar-refractivity contribution >= 4 is 23.0 Å². The number of hydrogen-bond acceptors (Lipinski definition) is 5. The third-order valence-corrected chi connectivity index (χ3v) is 8.41. The van der Waals surface area contributed by atoms with Crippen molar-refractivity contribution in [2.24, 2.45) is 0 Å². The summed E-state index contributed by atoms with van der Waals surface area (Å²) >= 11 is 0. The van der Waals surface area contributed by atoms with Gasteiger partial charge in [-0.05, 0) is 73.7 Å². The predicted octanol–water partition coefficient (Wildman–Crippen LogP) is 7.15. The molecule has 0 radical (unpaired) electrons. The molecule has 3 aliphatic rings. The molecule has 196 valence electrons. The number of para-hydroxylation sites is 3. The van der Waals surface area contributed by atoms with Gasteiger partial charge in [-0.3, -0.25) is 14.7 Å². The number of fused-ring (bicyclic) bond motifs is 4. The molecule has 4 aromatic rings. The van der Waals surface area contributed by atoms with Crippen LogP contribution in [0.15, 0.2) is 91.1 Å². The van der Waals surface area contributed by atoms with Gasteiger partial charge >= 0.3 is 0 Å². The zero-order valence-electron chi connectivity index (χ0n) is 22.1. The fourth-order valence-corrected chi connectivity index (χ4v) is 6.77. The molecule has 0 saturated carbocycles. The number of anilines is 3. The molecule has 39 heavy (non-hydrogen) atoms. The van der Waals surface area contributed by atoms with E-state index in [2.05, 4.69) is 68.6 Å². The number of pyridine rings is 1. The Balaban J connectivity index is 1.22. The highest BCUT2D eigenvalue weighted by molar-refractivity contribution is 5.94. The second-order valence-electron chi connectivity index (χ2n) is 10.9. The van der Waals surface area contributed by atoms with E-state index in [0.29, 0.717) is 18.1 Å². The number of piperidine rings is 1. The van der Waals surface area contributed by atoms with Crippen molar-refractivity contribution in [2.75, 3.05) is 10.2 Å². The molecule has 1 aromatic heterocycles. The second-order valence-corrected chi connectivity index (χ2v) is 10.9. The summed E-state index contributed by atoms with van der Waals surface area (Å²) < 4.78 is 6.50. The van der Waals surface area contributed by atoms with Gasteiger partial charge in [-0.2, -0.15) is 0 Å². The molecule has 1 unspecified atom stereocenters. The van der Waals surface area contributed by atoms with Gasteiger partial charge in [0.15, 0.2) is 11.5 Å². The number of hydrogen-bond donors (Lipinski definition) is 1. The van der Waals surface area contributed by atoms with Crippen LogP contribution in [0.1, 0.15) is 38.3 Å². The van der Waals surface area contributed by atoms with Crippen LogP contribution in [0, 0.1) is 0 Å². The van der Waals surface area contributed by atoms with Crippen molar-refractivity contribution in [3.8, 4) is 22.6 Å². The molecular weight excluding hydrogens is 484 g/mol. The highest BCUT2D eigenvalue weighted by Gasteiger charge is 2.44. The summed E-state index contributed by atoms with van der Waals surface area (Å²) in [5.74, 6) is 1.66. The standard InChI is InChI=1S/C33H32N4O2/c1-22(38)35-29-10-3-2-9-28(29)23-13-16-31-33(18-23)39-32-12-5-4-11-30(32)37(31)27-19-25-14-15-26(20-27)36(25)21-24-8-6-7-17-34-24/h2-13,16-18,25-27H,14-15,19-21H2,1H3,(H,35,38)/t25-,26+,27?. The van der Waals surface area contributed by atoms with Crippen molar-refractivity contribution in [1.82, 2.24) is 9.88 Å². The molecule has 2 bridgehead atoms. The van der Waals surface area contributed by atoms with Gasteiger partial charge in [-0.25, -0.2) is 0 Å². The number of carbonyl (C=O) groups is 1. The maximum absolute atomic E-state index is 11.8. The molecule has 1 N–H and O–H groups in total. The van der Waals surface area contributed by atoms with Crippen LogP contribution in [0.5, 0.6) is 11.5 Å². The number of ether oxygens (including phenoxy) is 1. The average molecular weight is 517 g/mol. The third kappa shape index (κ3) is 4.45. The molecule has 3 aliphatic heterocycles. The third-order valence-electron chi connectivity index (χ3n) is 8.41. The molecule has 6 nitrogen and oxygen atoms in total. The quantitative estimate of drug-likeness (QED) is 0.305. The Hall–Kier alpha value is -4.16. The van der Waals surface area contributed by atoms with Gasteiger partial charge in [-0.1, -0.05) is 42.5 Å². The molecule has 3 atom stereocenters.